The highest BCUT2D eigenvalue weighted by Crippen LogP contribution is 2.39. The van der Waals surface area contributed by atoms with Crippen molar-refractivity contribution in [3.8, 4) is 6.07 Å². The first kappa shape index (κ1) is 13.3. The van der Waals surface area contributed by atoms with Crippen LogP contribution >= 0.6 is 0 Å². The Hall–Kier alpha value is -1.12. The predicted octanol–water partition coefficient (Wildman–Crippen LogP) is 0.252. The van der Waals surface area contributed by atoms with E-state index >= 15 is 0 Å². The average Bonchev–Trinajstić information content (AvgIpc) is 3.11. The standard InChI is InChI=1S/C13H21N3O2/c1-13(9-14,10-4-5-10)15-12(18)7-16-6-2-3-11(16)8-17/h10-11,17H,2-8H2,1H3,(H,15,18). The van der Waals surface area contributed by atoms with Gasteiger partial charge in [0.05, 0.1) is 19.2 Å². The number of nitrogens with one attached hydrogen (secondary N) is 1. The summed E-state index contributed by atoms with van der Waals surface area (Å²) in [6.07, 6.45) is 4.01. The van der Waals surface area contributed by atoms with Gasteiger partial charge in [-0.25, -0.2) is 0 Å². The third-order valence-electron chi connectivity index (χ3n) is 4.08. The van der Waals surface area contributed by atoms with Crippen LogP contribution in [0.2, 0.25) is 0 Å². The van der Waals surface area contributed by atoms with E-state index in [1.807, 2.05) is 4.90 Å². The molecule has 1 aliphatic carbocycles. The molecule has 100 valence electrons. The number of nitriles is 1. The fourth-order valence-electron chi connectivity index (χ4n) is 2.71. The Balaban J connectivity index is 1.86. The van der Waals surface area contributed by atoms with E-state index in [0.29, 0.717) is 5.92 Å². The smallest absolute Gasteiger partial charge is 0.235 e. The molecule has 2 aliphatic rings. The van der Waals surface area contributed by atoms with Crippen molar-refractivity contribution in [2.24, 2.45) is 5.92 Å². The zero-order valence-corrected chi connectivity index (χ0v) is 10.9. The van der Waals surface area contributed by atoms with Crippen LogP contribution in [0.15, 0.2) is 0 Å². The number of likely N-dealkylation sites (tertiary alicyclic amines) is 1. The molecule has 2 N–H and O–H groups in total. The van der Waals surface area contributed by atoms with Crippen LogP contribution in [0.3, 0.4) is 0 Å². The summed E-state index contributed by atoms with van der Waals surface area (Å²) >= 11 is 0. The lowest BCUT2D eigenvalue weighted by molar-refractivity contribution is -0.124. The molecule has 0 radical (unpaired) electrons. The molecule has 0 aromatic heterocycles. The van der Waals surface area contributed by atoms with Crippen molar-refractivity contribution in [2.45, 2.75) is 44.2 Å². The van der Waals surface area contributed by atoms with Gasteiger partial charge in [0, 0.05) is 6.04 Å². The highest BCUT2D eigenvalue weighted by Gasteiger charge is 2.43. The van der Waals surface area contributed by atoms with Gasteiger partial charge in [-0.15, -0.1) is 0 Å². The van der Waals surface area contributed by atoms with E-state index in [9.17, 15) is 15.2 Å². The predicted molar refractivity (Wildman–Crippen MR) is 66.6 cm³/mol. The fraction of sp³-hybridized carbons (Fsp3) is 0.846. The lowest BCUT2D eigenvalue weighted by Crippen LogP contribution is -2.51. The van der Waals surface area contributed by atoms with Crippen molar-refractivity contribution < 1.29 is 9.90 Å². The Morgan fingerprint density at radius 3 is 2.83 bits per heavy atom. The molecule has 0 aromatic carbocycles. The van der Waals surface area contributed by atoms with E-state index in [0.717, 1.165) is 32.2 Å². The summed E-state index contributed by atoms with van der Waals surface area (Å²) in [6.45, 7) is 3.04. The number of aliphatic hydroxyl groups is 1. The van der Waals surface area contributed by atoms with E-state index in [4.69, 9.17) is 0 Å². The van der Waals surface area contributed by atoms with E-state index in [1.54, 1.807) is 6.92 Å². The van der Waals surface area contributed by atoms with Gasteiger partial charge in [0.1, 0.15) is 5.54 Å². The molecule has 1 heterocycles. The molecule has 1 aliphatic heterocycles. The number of nitrogens with zero attached hydrogens (tertiary/aromatic N) is 2. The van der Waals surface area contributed by atoms with Crippen molar-refractivity contribution in [3.63, 3.8) is 0 Å². The quantitative estimate of drug-likeness (QED) is 0.734. The molecule has 1 saturated heterocycles. The molecule has 5 nitrogen and oxygen atoms in total. The van der Waals surface area contributed by atoms with Crippen molar-refractivity contribution in [1.29, 1.82) is 5.26 Å². The van der Waals surface area contributed by atoms with Gasteiger partial charge in [0.2, 0.25) is 5.91 Å². The molecule has 2 unspecified atom stereocenters. The van der Waals surface area contributed by atoms with Crippen LogP contribution in [-0.2, 0) is 4.79 Å². The third kappa shape index (κ3) is 2.82. The Labute approximate surface area is 108 Å². The summed E-state index contributed by atoms with van der Waals surface area (Å²) in [5.74, 6) is 0.199. The van der Waals surface area contributed by atoms with Gasteiger partial charge in [-0.05, 0) is 45.1 Å². The van der Waals surface area contributed by atoms with Gasteiger partial charge >= 0.3 is 0 Å². The number of rotatable bonds is 5. The first-order chi connectivity index (χ1) is 8.59. The minimum Gasteiger partial charge on any atom is -0.395 e. The van der Waals surface area contributed by atoms with Crippen LogP contribution in [0, 0.1) is 17.2 Å². The van der Waals surface area contributed by atoms with Crippen molar-refractivity contribution in [3.05, 3.63) is 0 Å². The zero-order valence-electron chi connectivity index (χ0n) is 10.9. The lowest BCUT2D eigenvalue weighted by atomic mass is 9.98. The second-order valence-electron chi connectivity index (χ2n) is 5.59. The molecule has 1 saturated carbocycles. The first-order valence-electron chi connectivity index (χ1n) is 6.66. The number of amides is 1. The minimum atomic E-state index is -0.717. The molecule has 0 bridgehead atoms. The maximum Gasteiger partial charge on any atom is 0.235 e. The summed E-state index contributed by atoms with van der Waals surface area (Å²) < 4.78 is 0. The molecule has 18 heavy (non-hydrogen) atoms. The second kappa shape index (κ2) is 5.25. The highest BCUT2D eigenvalue weighted by atomic mass is 16.3. The zero-order chi connectivity index (χ0) is 13.2. The van der Waals surface area contributed by atoms with E-state index in [-0.39, 0.29) is 25.1 Å². The van der Waals surface area contributed by atoms with Gasteiger partial charge in [-0.2, -0.15) is 5.26 Å². The SMILES string of the molecule is CC(C#N)(NC(=O)CN1CCCC1CO)C1CC1. The number of hydrogen-bond donors (Lipinski definition) is 2. The maximum atomic E-state index is 12.0. The van der Waals surface area contributed by atoms with Gasteiger partial charge in [0.25, 0.3) is 0 Å². The summed E-state index contributed by atoms with van der Waals surface area (Å²) in [4.78, 5) is 14.0. The number of carbonyl (C=O) groups excluding carboxylic acids is 1. The average molecular weight is 251 g/mol. The Morgan fingerprint density at radius 1 is 1.56 bits per heavy atom. The van der Waals surface area contributed by atoms with Crippen molar-refractivity contribution in [1.82, 2.24) is 10.2 Å². The Bertz CT molecular complexity index is 362. The van der Waals surface area contributed by atoms with Gasteiger partial charge in [-0.3, -0.25) is 9.69 Å². The molecular weight excluding hydrogens is 230 g/mol. The van der Waals surface area contributed by atoms with Crippen LogP contribution in [0.25, 0.3) is 0 Å². The first-order valence-corrected chi connectivity index (χ1v) is 6.66. The van der Waals surface area contributed by atoms with Crippen LogP contribution < -0.4 is 5.32 Å². The second-order valence-corrected chi connectivity index (χ2v) is 5.59. The fourth-order valence-corrected chi connectivity index (χ4v) is 2.71. The summed E-state index contributed by atoms with van der Waals surface area (Å²) in [6, 6.07) is 2.32. The van der Waals surface area contributed by atoms with E-state index in [1.165, 1.54) is 0 Å². The van der Waals surface area contributed by atoms with Gasteiger partial charge in [0.15, 0.2) is 0 Å². The van der Waals surface area contributed by atoms with Crippen molar-refractivity contribution >= 4 is 5.91 Å². The Morgan fingerprint density at radius 2 is 2.28 bits per heavy atom. The largest absolute Gasteiger partial charge is 0.395 e. The molecule has 2 fully saturated rings. The molecular formula is C13H21N3O2. The molecule has 5 heteroatoms. The van der Waals surface area contributed by atoms with Crippen LogP contribution in [0.4, 0.5) is 0 Å². The van der Waals surface area contributed by atoms with Crippen LogP contribution in [-0.4, -0.2) is 47.2 Å². The van der Waals surface area contributed by atoms with Gasteiger partial charge < -0.3 is 10.4 Å². The van der Waals surface area contributed by atoms with Crippen molar-refractivity contribution in [2.75, 3.05) is 19.7 Å². The minimum absolute atomic E-state index is 0.102. The molecule has 2 atom stereocenters. The summed E-state index contributed by atoms with van der Waals surface area (Å²) in [5, 5.41) is 21.2. The number of hydrogen-bond acceptors (Lipinski definition) is 4. The highest BCUT2D eigenvalue weighted by molar-refractivity contribution is 5.79. The molecule has 1 amide bonds. The van der Waals surface area contributed by atoms with E-state index in [2.05, 4.69) is 11.4 Å². The summed E-state index contributed by atoms with van der Waals surface area (Å²) in [5.41, 5.74) is -0.717. The topological polar surface area (TPSA) is 76.4 Å². The van der Waals surface area contributed by atoms with Crippen LogP contribution in [0.1, 0.15) is 32.6 Å². The lowest BCUT2D eigenvalue weighted by Gasteiger charge is -2.26. The molecule has 0 aromatic rings. The van der Waals surface area contributed by atoms with Crippen LogP contribution in [0.5, 0.6) is 0 Å². The molecule has 0 spiro atoms. The maximum absolute atomic E-state index is 12.0. The Kier molecular flexibility index (Phi) is 3.88. The third-order valence-corrected chi connectivity index (χ3v) is 4.08. The van der Waals surface area contributed by atoms with E-state index < -0.39 is 5.54 Å². The number of aliphatic hydroxyl groups excluding tert-OH is 1. The normalized spacial score (nSPS) is 27.5. The monoisotopic (exact) mass is 251 g/mol. The molecule has 2 rings (SSSR count). The van der Waals surface area contributed by atoms with Gasteiger partial charge in [-0.1, -0.05) is 0 Å². The number of carbonyl (C=O) groups is 1. The summed E-state index contributed by atoms with van der Waals surface area (Å²) in [7, 11) is 0.